The molecule has 0 aromatic carbocycles. The van der Waals surface area contributed by atoms with Crippen molar-refractivity contribution in [1.29, 1.82) is 0 Å². The van der Waals surface area contributed by atoms with Crippen molar-refractivity contribution < 1.29 is 4.74 Å². The fourth-order valence-electron chi connectivity index (χ4n) is 2.45. The van der Waals surface area contributed by atoms with Crippen LogP contribution in [0.5, 0.6) is 0 Å². The van der Waals surface area contributed by atoms with Crippen LogP contribution in [0.15, 0.2) is 50.0 Å². The lowest BCUT2D eigenvalue weighted by Crippen LogP contribution is -1.78. The highest BCUT2D eigenvalue weighted by molar-refractivity contribution is 4.80. The second kappa shape index (κ2) is 20.8. The largest absolute Gasteiger partial charge is 0.473 e. The molecule has 0 unspecified atom stereocenters. The maximum Gasteiger partial charge on any atom is 0.0861 e. The smallest absolute Gasteiger partial charge is 0.0861 e. The number of rotatable bonds is 18. The lowest BCUT2D eigenvalue weighted by molar-refractivity contribution is 0.397. The molecule has 23 heavy (non-hydrogen) atoms. The topological polar surface area (TPSA) is 9.23 Å². The zero-order valence-corrected chi connectivity index (χ0v) is 15.2. The third kappa shape index (κ3) is 20.8. The van der Waals surface area contributed by atoms with Crippen LogP contribution in [0.3, 0.4) is 0 Å². The van der Waals surface area contributed by atoms with E-state index in [9.17, 15) is 0 Å². The van der Waals surface area contributed by atoms with Gasteiger partial charge in [0.15, 0.2) is 0 Å². The first-order chi connectivity index (χ1) is 11.4. The molecule has 0 fully saturated rings. The van der Waals surface area contributed by atoms with Gasteiger partial charge in [0.1, 0.15) is 0 Å². The van der Waals surface area contributed by atoms with Gasteiger partial charge in [0.25, 0.3) is 0 Å². The molecule has 0 aromatic rings. The molecular formula is C22H38O. The summed E-state index contributed by atoms with van der Waals surface area (Å²) in [6.07, 6.45) is 29.6. The van der Waals surface area contributed by atoms with E-state index in [0.29, 0.717) is 0 Å². The summed E-state index contributed by atoms with van der Waals surface area (Å²) in [6.45, 7) is 7.49. The van der Waals surface area contributed by atoms with Crippen molar-refractivity contribution in [3.8, 4) is 0 Å². The Labute approximate surface area is 145 Å². The second-order valence-electron chi connectivity index (χ2n) is 6.15. The summed E-state index contributed by atoms with van der Waals surface area (Å²) in [5, 5.41) is 0. The summed E-state index contributed by atoms with van der Waals surface area (Å²) < 4.78 is 5.37. The molecule has 0 aromatic heterocycles. The third-order valence-corrected chi connectivity index (χ3v) is 3.91. The van der Waals surface area contributed by atoms with Crippen LogP contribution in [0.25, 0.3) is 0 Å². The van der Waals surface area contributed by atoms with Gasteiger partial charge in [-0.1, -0.05) is 50.7 Å². The predicted molar refractivity (Wildman–Crippen MR) is 104 cm³/mol. The molecule has 0 aliphatic rings. The Hall–Kier alpha value is -1.24. The molecule has 0 aliphatic heterocycles. The van der Waals surface area contributed by atoms with Crippen LogP contribution in [-0.4, -0.2) is 0 Å². The van der Waals surface area contributed by atoms with Crippen LogP contribution in [0.1, 0.15) is 89.9 Å². The highest BCUT2D eigenvalue weighted by atomic mass is 16.5. The van der Waals surface area contributed by atoms with E-state index >= 15 is 0 Å². The maximum absolute atomic E-state index is 5.37. The summed E-state index contributed by atoms with van der Waals surface area (Å²) in [4.78, 5) is 0. The Balaban J connectivity index is 3.17. The minimum absolute atomic E-state index is 1.13. The van der Waals surface area contributed by atoms with Crippen molar-refractivity contribution in [3.05, 3.63) is 50.0 Å². The normalized spacial score (nSPS) is 11.3. The monoisotopic (exact) mass is 318 g/mol. The molecule has 1 nitrogen and oxygen atoms in total. The van der Waals surface area contributed by atoms with E-state index in [1.54, 1.807) is 0 Å². The molecule has 0 N–H and O–H groups in total. The molecule has 0 saturated carbocycles. The van der Waals surface area contributed by atoms with Gasteiger partial charge in [-0.25, -0.2) is 0 Å². The van der Waals surface area contributed by atoms with Crippen LogP contribution in [0.2, 0.25) is 0 Å². The lowest BCUT2D eigenvalue weighted by Gasteiger charge is -1.98. The summed E-state index contributed by atoms with van der Waals surface area (Å²) in [5.74, 6) is 0. The van der Waals surface area contributed by atoms with Gasteiger partial charge in [-0.3, -0.25) is 0 Å². The maximum atomic E-state index is 5.37. The van der Waals surface area contributed by atoms with Crippen molar-refractivity contribution in [2.24, 2.45) is 0 Å². The standard InChI is InChI=1S/C22H38O/c1-3-5-7-9-11-13-15-17-19-21-23-22-20-18-16-14-12-10-8-6-4-2/h3-4,19-22H,1-2,5-18H2. The highest BCUT2D eigenvalue weighted by Crippen LogP contribution is 2.08. The Bertz CT molecular complexity index is 271. The Morgan fingerprint density at radius 1 is 0.478 bits per heavy atom. The van der Waals surface area contributed by atoms with E-state index in [1.807, 2.05) is 24.7 Å². The molecule has 0 rings (SSSR count). The molecule has 0 aliphatic carbocycles. The van der Waals surface area contributed by atoms with Gasteiger partial charge in [-0.2, -0.15) is 0 Å². The Morgan fingerprint density at radius 2 is 0.826 bits per heavy atom. The van der Waals surface area contributed by atoms with Crippen molar-refractivity contribution in [3.63, 3.8) is 0 Å². The summed E-state index contributed by atoms with van der Waals surface area (Å²) in [7, 11) is 0. The van der Waals surface area contributed by atoms with Crippen molar-refractivity contribution in [1.82, 2.24) is 0 Å². The van der Waals surface area contributed by atoms with Gasteiger partial charge in [-0.05, 0) is 63.5 Å². The number of ether oxygens (including phenoxy) is 1. The molecule has 0 amide bonds. The van der Waals surface area contributed by atoms with Gasteiger partial charge in [0, 0.05) is 0 Å². The van der Waals surface area contributed by atoms with Crippen LogP contribution in [-0.2, 0) is 4.74 Å². The molecule has 0 spiro atoms. The van der Waals surface area contributed by atoms with E-state index < -0.39 is 0 Å². The highest BCUT2D eigenvalue weighted by Gasteiger charge is 1.89. The van der Waals surface area contributed by atoms with Crippen molar-refractivity contribution in [2.45, 2.75) is 89.9 Å². The zero-order chi connectivity index (χ0) is 16.8. The second-order valence-corrected chi connectivity index (χ2v) is 6.15. The quantitative estimate of drug-likeness (QED) is 0.142. The van der Waals surface area contributed by atoms with Crippen LogP contribution >= 0.6 is 0 Å². The number of hydrogen-bond donors (Lipinski definition) is 0. The van der Waals surface area contributed by atoms with E-state index in [1.165, 1.54) is 64.2 Å². The molecule has 0 bridgehead atoms. The fourth-order valence-corrected chi connectivity index (χ4v) is 2.45. The third-order valence-electron chi connectivity index (χ3n) is 3.91. The summed E-state index contributed by atoms with van der Waals surface area (Å²) >= 11 is 0. The molecule has 132 valence electrons. The average molecular weight is 319 g/mol. The zero-order valence-electron chi connectivity index (χ0n) is 15.2. The molecule has 0 saturated heterocycles. The number of unbranched alkanes of at least 4 members (excludes halogenated alkanes) is 12. The van der Waals surface area contributed by atoms with Crippen LogP contribution in [0, 0.1) is 0 Å². The lowest BCUT2D eigenvalue weighted by atomic mass is 10.1. The average Bonchev–Trinajstić information content (AvgIpc) is 2.57. The molecule has 0 atom stereocenters. The Morgan fingerprint density at radius 3 is 1.22 bits per heavy atom. The minimum Gasteiger partial charge on any atom is -0.473 e. The number of hydrogen-bond acceptors (Lipinski definition) is 1. The first-order valence-corrected chi connectivity index (χ1v) is 9.59. The van der Waals surface area contributed by atoms with Crippen molar-refractivity contribution >= 4 is 0 Å². The van der Waals surface area contributed by atoms with E-state index in [4.69, 9.17) is 4.74 Å². The molecule has 0 radical (unpaired) electrons. The first kappa shape index (κ1) is 21.8. The molecule has 1 heteroatoms. The first-order valence-electron chi connectivity index (χ1n) is 9.59. The summed E-state index contributed by atoms with van der Waals surface area (Å²) in [6, 6.07) is 0. The van der Waals surface area contributed by atoms with E-state index in [0.717, 1.165) is 25.7 Å². The van der Waals surface area contributed by atoms with Gasteiger partial charge >= 0.3 is 0 Å². The fraction of sp³-hybridized carbons (Fsp3) is 0.636. The van der Waals surface area contributed by atoms with E-state index in [2.05, 4.69) is 25.3 Å². The van der Waals surface area contributed by atoms with Crippen LogP contribution < -0.4 is 0 Å². The Kier molecular flexibility index (Phi) is 19.6. The van der Waals surface area contributed by atoms with E-state index in [-0.39, 0.29) is 0 Å². The van der Waals surface area contributed by atoms with Gasteiger partial charge in [0.05, 0.1) is 12.5 Å². The predicted octanol–water partition coefficient (Wildman–Crippen LogP) is 7.86. The van der Waals surface area contributed by atoms with Gasteiger partial charge in [-0.15, -0.1) is 13.2 Å². The minimum atomic E-state index is 1.13. The van der Waals surface area contributed by atoms with Crippen molar-refractivity contribution in [2.75, 3.05) is 0 Å². The SMILES string of the molecule is C=CCCCCCCCC=COC=CCCCCCCCC=C. The number of allylic oxidation sites excluding steroid dienone is 4. The van der Waals surface area contributed by atoms with Crippen LogP contribution in [0.4, 0.5) is 0 Å². The molecule has 0 heterocycles. The molecular weight excluding hydrogens is 280 g/mol. The van der Waals surface area contributed by atoms with Gasteiger partial charge in [0.2, 0.25) is 0 Å². The van der Waals surface area contributed by atoms with Gasteiger partial charge < -0.3 is 4.74 Å². The summed E-state index contributed by atoms with van der Waals surface area (Å²) in [5.41, 5.74) is 0.